The Bertz CT molecular complexity index is 1630. The van der Waals surface area contributed by atoms with Crippen LogP contribution < -0.4 is 4.90 Å². The fourth-order valence-electron chi connectivity index (χ4n) is 6.12. The Balaban J connectivity index is 1.36. The zero-order chi connectivity index (χ0) is 26.4. The van der Waals surface area contributed by atoms with Crippen LogP contribution in [0.5, 0.6) is 0 Å². The first kappa shape index (κ1) is 23.9. The molecular weight excluding hydrogens is 478 g/mol. The Hall–Kier alpha value is -4.18. The lowest BCUT2D eigenvalue weighted by molar-refractivity contribution is -0.0441. The quantitative estimate of drug-likeness (QED) is 0.236. The highest BCUT2D eigenvalue weighted by atomic mass is 16.7. The molecule has 0 aromatic heterocycles. The monoisotopic (exact) mass is 509 g/mol. The Morgan fingerprint density at radius 2 is 1.23 bits per heavy atom. The molecule has 0 amide bonds. The van der Waals surface area contributed by atoms with Gasteiger partial charge in [0, 0.05) is 27.9 Å². The summed E-state index contributed by atoms with van der Waals surface area (Å²) in [6.07, 6.45) is -0.269. The number of benzene rings is 5. The van der Waals surface area contributed by atoms with Crippen LogP contribution in [0, 0.1) is 0 Å². The van der Waals surface area contributed by atoms with Crippen molar-refractivity contribution in [3.63, 3.8) is 0 Å². The highest BCUT2D eigenvalue weighted by Crippen LogP contribution is 2.51. The molecule has 0 atom stereocenters. The standard InChI is InChI=1S/C36H31NO2/c1-36(2)32-14-8-6-13-30(32)31-21-20-28(24-33(31)36)37(27-10-4-3-5-11-27)34-15-9-7-12-29(34)25-16-18-26(19-17-25)35-38-22-23-39-35/h3-21,24,35H,22-23H2,1-2H3. The first-order valence-electron chi connectivity index (χ1n) is 13.6. The zero-order valence-electron chi connectivity index (χ0n) is 22.3. The summed E-state index contributed by atoms with van der Waals surface area (Å²) in [5.74, 6) is 0. The topological polar surface area (TPSA) is 21.7 Å². The lowest BCUT2D eigenvalue weighted by Crippen LogP contribution is -2.16. The molecule has 1 aliphatic heterocycles. The average molecular weight is 510 g/mol. The summed E-state index contributed by atoms with van der Waals surface area (Å²) >= 11 is 0. The molecule has 1 saturated heterocycles. The summed E-state index contributed by atoms with van der Waals surface area (Å²) in [7, 11) is 0. The van der Waals surface area contributed by atoms with E-state index in [2.05, 4.69) is 140 Å². The predicted molar refractivity (Wildman–Crippen MR) is 159 cm³/mol. The molecule has 1 aliphatic carbocycles. The van der Waals surface area contributed by atoms with E-state index in [1.54, 1.807) is 0 Å². The second-order valence-electron chi connectivity index (χ2n) is 10.8. The Labute approximate surface area is 230 Å². The third kappa shape index (κ3) is 4.06. The SMILES string of the molecule is CC1(C)c2ccccc2-c2ccc(N(c3ccccc3)c3ccccc3-c3ccc(C4OCCO4)cc3)cc21. The van der Waals surface area contributed by atoms with Crippen LogP contribution in [0.1, 0.15) is 36.8 Å². The molecule has 1 fully saturated rings. The van der Waals surface area contributed by atoms with Crippen LogP contribution >= 0.6 is 0 Å². The summed E-state index contributed by atoms with van der Waals surface area (Å²) in [6, 6.07) is 43.6. The third-order valence-electron chi connectivity index (χ3n) is 8.10. The van der Waals surface area contributed by atoms with Gasteiger partial charge in [-0.15, -0.1) is 0 Å². The van der Waals surface area contributed by atoms with Crippen LogP contribution in [0.2, 0.25) is 0 Å². The van der Waals surface area contributed by atoms with E-state index in [9.17, 15) is 0 Å². The number of anilines is 3. The van der Waals surface area contributed by atoms with E-state index in [1.165, 1.54) is 27.8 Å². The lowest BCUT2D eigenvalue weighted by Gasteiger charge is -2.29. The molecule has 0 N–H and O–H groups in total. The molecule has 7 rings (SSSR count). The molecule has 192 valence electrons. The van der Waals surface area contributed by atoms with Crippen molar-refractivity contribution >= 4 is 17.1 Å². The van der Waals surface area contributed by atoms with Gasteiger partial charge in [0.25, 0.3) is 0 Å². The van der Waals surface area contributed by atoms with Crippen molar-refractivity contribution in [3.8, 4) is 22.3 Å². The van der Waals surface area contributed by atoms with E-state index >= 15 is 0 Å². The van der Waals surface area contributed by atoms with E-state index in [0.717, 1.165) is 28.2 Å². The number of fused-ring (bicyclic) bond motifs is 3. The molecule has 1 heterocycles. The number of nitrogens with zero attached hydrogens (tertiary/aromatic N) is 1. The van der Waals surface area contributed by atoms with Crippen LogP contribution in [0.25, 0.3) is 22.3 Å². The normalized spacial score (nSPS) is 15.6. The van der Waals surface area contributed by atoms with E-state index in [4.69, 9.17) is 9.47 Å². The molecule has 2 aliphatic rings. The number of hydrogen-bond donors (Lipinski definition) is 0. The smallest absolute Gasteiger partial charge is 0.184 e. The molecule has 0 saturated carbocycles. The van der Waals surface area contributed by atoms with Crippen molar-refractivity contribution in [1.82, 2.24) is 0 Å². The molecule has 3 nitrogen and oxygen atoms in total. The number of ether oxygens (including phenoxy) is 2. The van der Waals surface area contributed by atoms with Crippen LogP contribution in [0.3, 0.4) is 0 Å². The van der Waals surface area contributed by atoms with Gasteiger partial charge in [-0.05, 0) is 58.1 Å². The fourth-order valence-corrected chi connectivity index (χ4v) is 6.12. The number of para-hydroxylation sites is 2. The van der Waals surface area contributed by atoms with Crippen LogP contribution in [-0.2, 0) is 14.9 Å². The number of hydrogen-bond acceptors (Lipinski definition) is 3. The second-order valence-corrected chi connectivity index (χ2v) is 10.8. The Morgan fingerprint density at radius 3 is 2.00 bits per heavy atom. The van der Waals surface area contributed by atoms with Crippen LogP contribution in [0.15, 0.2) is 121 Å². The molecule has 0 bridgehead atoms. The average Bonchev–Trinajstić information content (AvgIpc) is 3.60. The van der Waals surface area contributed by atoms with Crippen molar-refractivity contribution in [2.45, 2.75) is 25.6 Å². The molecule has 0 unspecified atom stereocenters. The van der Waals surface area contributed by atoms with Gasteiger partial charge in [0.1, 0.15) is 0 Å². The summed E-state index contributed by atoms with van der Waals surface area (Å²) < 4.78 is 11.4. The fraction of sp³-hybridized carbons (Fsp3) is 0.167. The largest absolute Gasteiger partial charge is 0.346 e. The maximum Gasteiger partial charge on any atom is 0.184 e. The minimum Gasteiger partial charge on any atom is -0.346 e. The van der Waals surface area contributed by atoms with Crippen molar-refractivity contribution in [1.29, 1.82) is 0 Å². The van der Waals surface area contributed by atoms with Crippen LogP contribution in [-0.4, -0.2) is 13.2 Å². The maximum absolute atomic E-state index is 5.71. The third-order valence-corrected chi connectivity index (χ3v) is 8.10. The first-order valence-corrected chi connectivity index (χ1v) is 13.6. The van der Waals surface area contributed by atoms with Gasteiger partial charge in [0.2, 0.25) is 0 Å². The molecular formula is C36H31NO2. The number of rotatable bonds is 5. The molecule has 0 radical (unpaired) electrons. The highest BCUT2D eigenvalue weighted by molar-refractivity contribution is 5.90. The van der Waals surface area contributed by atoms with E-state index < -0.39 is 0 Å². The minimum absolute atomic E-state index is 0.0655. The summed E-state index contributed by atoms with van der Waals surface area (Å²) in [5, 5.41) is 0. The molecule has 0 spiro atoms. The summed E-state index contributed by atoms with van der Waals surface area (Å²) in [5.41, 5.74) is 12.1. The molecule has 5 aromatic rings. The van der Waals surface area contributed by atoms with E-state index in [-0.39, 0.29) is 11.7 Å². The van der Waals surface area contributed by atoms with Gasteiger partial charge < -0.3 is 14.4 Å². The summed E-state index contributed by atoms with van der Waals surface area (Å²) in [6.45, 7) is 5.96. The summed E-state index contributed by atoms with van der Waals surface area (Å²) in [4.78, 5) is 2.38. The van der Waals surface area contributed by atoms with Gasteiger partial charge in [-0.3, -0.25) is 0 Å². The van der Waals surface area contributed by atoms with E-state index in [0.29, 0.717) is 13.2 Å². The molecule has 3 heteroatoms. The van der Waals surface area contributed by atoms with Gasteiger partial charge in [0.15, 0.2) is 6.29 Å². The minimum atomic E-state index is -0.269. The van der Waals surface area contributed by atoms with Gasteiger partial charge in [0.05, 0.1) is 18.9 Å². The first-order chi connectivity index (χ1) is 19.1. The van der Waals surface area contributed by atoms with Crippen molar-refractivity contribution in [3.05, 3.63) is 138 Å². The predicted octanol–water partition coefficient (Wildman–Crippen LogP) is 9.18. The second kappa shape index (κ2) is 9.53. The van der Waals surface area contributed by atoms with Crippen LogP contribution in [0.4, 0.5) is 17.1 Å². The molecule has 5 aromatic carbocycles. The van der Waals surface area contributed by atoms with Gasteiger partial charge in [-0.2, -0.15) is 0 Å². The highest BCUT2D eigenvalue weighted by Gasteiger charge is 2.35. The van der Waals surface area contributed by atoms with Gasteiger partial charge in [-0.1, -0.05) is 105 Å². The maximum atomic E-state index is 5.71. The van der Waals surface area contributed by atoms with Gasteiger partial charge >= 0.3 is 0 Å². The van der Waals surface area contributed by atoms with Crippen molar-refractivity contribution in [2.75, 3.05) is 18.1 Å². The lowest BCUT2D eigenvalue weighted by atomic mass is 9.82. The van der Waals surface area contributed by atoms with E-state index in [1.807, 2.05) is 0 Å². The Morgan fingerprint density at radius 1 is 0.590 bits per heavy atom. The van der Waals surface area contributed by atoms with Crippen molar-refractivity contribution in [2.24, 2.45) is 0 Å². The van der Waals surface area contributed by atoms with Crippen molar-refractivity contribution < 1.29 is 9.47 Å². The zero-order valence-corrected chi connectivity index (χ0v) is 22.3. The Kier molecular flexibility index (Phi) is 5.84. The van der Waals surface area contributed by atoms with Gasteiger partial charge in [-0.25, -0.2) is 0 Å². The molecule has 39 heavy (non-hydrogen) atoms.